The fourth-order valence-corrected chi connectivity index (χ4v) is 1.52. The maximum absolute atomic E-state index is 10.9. The fraction of sp³-hybridized carbons (Fsp3) is 0.167. The Bertz CT molecular complexity index is 494. The molecule has 0 radical (unpaired) electrons. The molecule has 1 aromatic rings. The van der Waals surface area contributed by atoms with Crippen molar-refractivity contribution >= 4 is 18.3 Å². The Kier molecular flexibility index (Phi) is 3.09. The maximum Gasteiger partial charge on any atom is 0.231 e. The van der Waals surface area contributed by atoms with E-state index in [4.69, 9.17) is 15.2 Å². The SMILES string of the molecule is NC(=O)CC=Cc1cc2c(cc1C=O)OCO2. The van der Waals surface area contributed by atoms with E-state index >= 15 is 0 Å². The second kappa shape index (κ2) is 4.69. The lowest BCUT2D eigenvalue weighted by molar-refractivity contribution is -0.117. The molecule has 17 heavy (non-hydrogen) atoms. The number of aldehydes is 1. The second-order valence-electron chi connectivity index (χ2n) is 3.53. The number of nitrogens with two attached hydrogens (primary N) is 1. The van der Waals surface area contributed by atoms with Gasteiger partial charge < -0.3 is 15.2 Å². The van der Waals surface area contributed by atoms with Crippen LogP contribution in [0.25, 0.3) is 6.08 Å². The zero-order chi connectivity index (χ0) is 12.3. The Labute approximate surface area is 97.8 Å². The van der Waals surface area contributed by atoms with Crippen LogP contribution in [-0.4, -0.2) is 19.0 Å². The number of amides is 1. The summed E-state index contributed by atoms with van der Waals surface area (Å²) in [5.41, 5.74) is 6.17. The van der Waals surface area contributed by atoms with Crippen molar-refractivity contribution in [2.75, 3.05) is 6.79 Å². The standard InChI is InChI=1S/C12H11NO4/c13-12(15)3-1-2-8-4-10-11(17-7-16-10)5-9(8)6-14/h1-2,4-6H,3,7H2,(H2,13,15). The monoisotopic (exact) mass is 233 g/mol. The number of ether oxygens (including phenoxy) is 2. The molecule has 5 heteroatoms. The molecular formula is C12H11NO4. The third-order valence-corrected chi connectivity index (χ3v) is 2.32. The van der Waals surface area contributed by atoms with Crippen LogP contribution >= 0.6 is 0 Å². The Hall–Kier alpha value is -2.30. The molecule has 0 atom stereocenters. The van der Waals surface area contributed by atoms with Gasteiger partial charge in [0, 0.05) is 12.0 Å². The van der Waals surface area contributed by atoms with Gasteiger partial charge in [0.05, 0.1) is 0 Å². The molecule has 0 aliphatic carbocycles. The Morgan fingerprint density at radius 2 is 1.94 bits per heavy atom. The quantitative estimate of drug-likeness (QED) is 0.790. The van der Waals surface area contributed by atoms with Crippen LogP contribution in [0.3, 0.4) is 0 Å². The summed E-state index contributed by atoms with van der Waals surface area (Å²) >= 11 is 0. The number of rotatable bonds is 4. The van der Waals surface area contributed by atoms with Crippen LogP contribution in [-0.2, 0) is 4.79 Å². The normalized spacial score (nSPS) is 12.9. The highest BCUT2D eigenvalue weighted by molar-refractivity contribution is 5.84. The summed E-state index contributed by atoms with van der Waals surface area (Å²) < 4.78 is 10.4. The number of hydrogen-bond donors (Lipinski definition) is 1. The zero-order valence-electron chi connectivity index (χ0n) is 9.01. The number of hydrogen-bond acceptors (Lipinski definition) is 4. The van der Waals surface area contributed by atoms with Gasteiger partial charge in [-0.25, -0.2) is 0 Å². The van der Waals surface area contributed by atoms with Gasteiger partial charge in [-0.3, -0.25) is 9.59 Å². The number of carbonyl (C=O) groups is 2. The maximum atomic E-state index is 10.9. The third kappa shape index (κ3) is 2.44. The van der Waals surface area contributed by atoms with E-state index in [0.717, 1.165) is 6.29 Å². The van der Waals surface area contributed by atoms with E-state index in [1.54, 1.807) is 24.3 Å². The summed E-state index contributed by atoms with van der Waals surface area (Å²) in [4.78, 5) is 21.5. The summed E-state index contributed by atoms with van der Waals surface area (Å²) in [6.07, 6.45) is 4.13. The van der Waals surface area contributed by atoms with Gasteiger partial charge in [-0.1, -0.05) is 12.2 Å². The van der Waals surface area contributed by atoms with Crippen molar-refractivity contribution in [2.24, 2.45) is 5.73 Å². The predicted octanol–water partition coefficient (Wildman–Crippen LogP) is 1.12. The first-order valence-corrected chi connectivity index (χ1v) is 5.04. The molecule has 1 aliphatic heterocycles. The number of primary amides is 1. The van der Waals surface area contributed by atoms with Crippen molar-refractivity contribution in [3.8, 4) is 11.5 Å². The van der Waals surface area contributed by atoms with E-state index in [2.05, 4.69) is 0 Å². The van der Waals surface area contributed by atoms with E-state index in [1.807, 2.05) is 0 Å². The molecule has 0 unspecified atom stereocenters. The molecule has 0 saturated heterocycles. The summed E-state index contributed by atoms with van der Waals surface area (Å²) in [7, 11) is 0. The molecule has 1 aliphatic rings. The molecule has 0 saturated carbocycles. The van der Waals surface area contributed by atoms with Crippen LogP contribution in [0.2, 0.25) is 0 Å². The highest BCUT2D eigenvalue weighted by Crippen LogP contribution is 2.34. The molecule has 2 N–H and O–H groups in total. The van der Waals surface area contributed by atoms with Gasteiger partial charge in [-0.2, -0.15) is 0 Å². The minimum atomic E-state index is -0.422. The Morgan fingerprint density at radius 3 is 2.53 bits per heavy atom. The third-order valence-electron chi connectivity index (χ3n) is 2.32. The van der Waals surface area contributed by atoms with Crippen LogP contribution in [0.1, 0.15) is 22.3 Å². The van der Waals surface area contributed by atoms with Crippen molar-refractivity contribution < 1.29 is 19.1 Å². The van der Waals surface area contributed by atoms with E-state index in [0.29, 0.717) is 22.6 Å². The van der Waals surface area contributed by atoms with E-state index in [1.165, 1.54) is 0 Å². The first-order chi connectivity index (χ1) is 8.20. The van der Waals surface area contributed by atoms with Gasteiger partial charge in [-0.05, 0) is 17.7 Å². The Morgan fingerprint density at radius 1 is 1.29 bits per heavy atom. The van der Waals surface area contributed by atoms with Crippen LogP contribution in [0.5, 0.6) is 11.5 Å². The fourth-order valence-electron chi connectivity index (χ4n) is 1.52. The number of benzene rings is 1. The van der Waals surface area contributed by atoms with E-state index in [-0.39, 0.29) is 13.2 Å². The molecule has 0 fully saturated rings. The number of carbonyl (C=O) groups excluding carboxylic acids is 2. The lowest BCUT2D eigenvalue weighted by Crippen LogP contribution is -2.07. The van der Waals surface area contributed by atoms with Gasteiger partial charge in [0.2, 0.25) is 12.7 Å². The van der Waals surface area contributed by atoms with Crippen LogP contribution in [0, 0.1) is 0 Å². The first-order valence-electron chi connectivity index (χ1n) is 5.04. The smallest absolute Gasteiger partial charge is 0.231 e. The summed E-state index contributed by atoms with van der Waals surface area (Å²) in [5, 5.41) is 0. The van der Waals surface area contributed by atoms with Crippen LogP contribution in [0.4, 0.5) is 0 Å². The van der Waals surface area contributed by atoms with E-state index in [9.17, 15) is 9.59 Å². The number of fused-ring (bicyclic) bond motifs is 1. The Balaban J connectivity index is 2.29. The topological polar surface area (TPSA) is 78.6 Å². The van der Waals surface area contributed by atoms with Gasteiger partial charge in [0.25, 0.3) is 0 Å². The van der Waals surface area contributed by atoms with Crippen molar-refractivity contribution in [1.29, 1.82) is 0 Å². The van der Waals surface area contributed by atoms with Gasteiger partial charge in [-0.15, -0.1) is 0 Å². The summed E-state index contributed by atoms with van der Waals surface area (Å²) in [5.74, 6) is 0.725. The van der Waals surface area contributed by atoms with Crippen LogP contribution < -0.4 is 15.2 Å². The molecule has 0 bridgehead atoms. The predicted molar refractivity (Wildman–Crippen MR) is 60.8 cm³/mol. The lowest BCUT2D eigenvalue weighted by atomic mass is 10.1. The van der Waals surface area contributed by atoms with Crippen LogP contribution in [0.15, 0.2) is 18.2 Å². The van der Waals surface area contributed by atoms with E-state index < -0.39 is 5.91 Å². The van der Waals surface area contributed by atoms with Crippen molar-refractivity contribution in [3.05, 3.63) is 29.3 Å². The van der Waals surface area contributed by atoms with Gasteiger partial charge >= 0.3 is 0 Å². The highest BCUT2D eigenvalue weighted by Gasteiger charge is 2.15. The molecule has 1 heterocycles. The van der Waals surface area contributed by atoms with Crippen molar-refractivity contribution in [3.63, 3.8) is 0 Å². The van der Waals surface area contributed by atoms with Gasteiger partial charge in [0.1, 0.15) is 0 Å². The molecule has 2 rings (SSSR count). The zero-order valence-corrected chi connectivity index (χ0v) is 9.01. The minimum Gasteiger partial charge on any atom is -0.454 e. The average molecular weight is 233 g/mol. The summed E-state index contributed by atoms with van der Waals surface area (Å²) in [6, 6.07) is 3.31. The molecule has 0 spiro atoms. The average Bonchev–Trinajstić information content (AvgIpc) is 2.74. The largest absolute Gasteiger partial charge is 0.454 e. The first kappa shape index (κ1) is 11.2. The lowest BCUT2D eigenvalue weighted by Gasteiger charge is -2.01. The molecule has 1 amide bonds. The van der Waals surface area contributed by atoms with Gasteiger partial charge in [0.15, 0.2) is 17.8 Å². The molecule has 0 aromatic heterocycles. The highest BCUT2D eigenvalue weighted by atomic mass is 16.7. The summed E-state index contributed by atoms with van der Waals surface area (Å²) in [6.45, 7) is 0.155. The molecular weight excluding hydrogens is 222 g/mol. The van der Waals surface area contributed by atoms with Crippen molar-refractivity contribution in [1.82, 2.24) is 0 Å². The second-order valence-corrected chi connectivity index (χ2v) is 3.53. The molecule has 1 aromatic carbocycles. The minimum absolute atomic E-state index is 0.132. The van der Waals surface area contributed by atoms with Crippen molar-refractivity contribution in [2.45, 2.75) is 6.42 Å². The molecule has 5 nitrogen and oxygen atoms in total. The molecule has 88 valence electrons.